The molecule has 1 aromatic heterocycles. The molecule has 0 aliphatic carbocycles. The average molecular weight is 485 g/mol. The molecule has 2 aromatic rings. The summed E-state index contributed by atoms with van der Waals surface area (Å²) in [6.45, 7) is 9.43. The Morgan fingerprint density at radius 3 is 2.86 bits per heavy atom. The van der Waals surface area contributed by atoms with E-state index in [1.54, 1.807) is 0 Å². The predicted octanol–water partition coefficient (Wildman–Crippen LogP) is 1.82. The Balaban J connectivity index is 1.69. The highest BCUT2D eigenvalue weighted by Gasteiger charge is 2.27. The zero-order valence-corrected chi connectivity index (χ0v) is 21.5. The Bertz CT molecular complexity index is 968. The van der Waals surface area contributed by atoms with Crippen molar-refractivity contribution in [2.45, 2.75) is 44.9 Å². The van der Waals surface area contributed by atoms with Crippen LogP contribution in [-0.2, 0) is 4.74 Å². The van der Waals surface area contributed by atoms with Crippen molar-refractivity contribution < 1.29 is 14.6 Å². The molecular formula is C26H40N6O3. The van der Waals surface area contributed by atoms with Gasteiger partial charge in [-0.05, 0) is 45.9 Å². The van der Waals surface area contributed by atoms with Crippen LogP contribution >= 0.6 is 0 Å². The van der Waals surface area contributed by atoms with E-state index in [0.717, 1.165) is 68.5 Å². The van der Waals surface area contributed by atoms with Gasteiger partial charge in [0.25, 0.3) is 0 Å². The van der Waals surface area contributed by atoms with Crippen molar-refractivity contribution in [2.24, 2.45) is 0 Å². The maximum Gasteiger partial charge on any atom is 0.164 e. The number of aromatic nitrogens is 2. The van der Waals surface area contributed by atoms with Crippen LogP contribution in [0.1, 0.15) is 25.3 Å². The molecule has 2 atom stereocenters. The number of ether oxygens (including phenoxy) is 2. The lowest BCUT2D eigenvalue weighted by atomic mass is 10.1. The Morgan fingerprint density at radius 1 is 1.31 bits per heavy atom. The minimum Gasteiger partial charge on any atom is -0.491 e. The summed E-state index contributed by atoms with van der Waals surface area (Å²) in [5, 5.41) is 16.5. The summed E-state index contributed by atoms with van der Waals surface area (Å²) in [4.78, 5) is 14.9. The van der Waals surface area contributed by atoms with Crippen molar-refractivity contribution in [3.63, 3.8) is 0 Å². The molecule has 0 spiro atoms. The first-order valence-corrected chi connectivity index (χ1v) is 12.7. The lowest BCUT2D eigenvalue weighted by Crippen LogP contribution is -2.50. The first-order chi connectivity index (χ1) is 17.0. The minimum atomic E-state index is -0.570. The van der Waals surface area contributed by atoms with Crippen molar-refractivity contribution >= 4 is 11.6 Å². The van der Waals surface area contributed by atoms with Gasteiger partial charge in [-0.15, -0.1) is 0 Å². The van der Waals surface area contributed by atoms with Crippen molar-refractivity contribution in [1.82, 2.24) is 20.6 Å². The van der Waals surface area contributed by atoms with Crippen LogP contribution in [0.15, 0.2) is 24.3 Å². The van der Waals surface area contributed by atoms with Crippen LogP contribution in [0.4, 0.5) is 11.6 Å². The second kappa shape index (κ2) is 12.0. The number of nitrogens with zero attached hydrogens (tertiary/aromatic N) is 4. The van der Waals surface area contributed by atoms with E-state index >= 15 is 0 Å². The Morgan fingerprint density at radius 2 is 2.11 bits per heavy atom. The first kappa shape index (κ1) is 25.6. The third-order valence-electron chi connectivity index (χ3n) is 6.91. The van der Waals surface area contributed by atoms with Crippen molar-refractivity contribution in [1.29, 1.82) is 0 Å². The lowest BCUT2D eigenvalue weighted by molar-refractivity contribution is 0.0853. The summed E-state index contributed by atoms with van der Waals surface area (Å²) in [6.07, 6.45) is 1.42. The monoisotopic (exact) mass is 484 g/mol. The number of benzene rings is 1. The Kier molecular flexibility index (Phi) is 8.78. The predicted molar refractivity (Wildman–Crippen MR) is 140 cm³/mol. The molecule has 3 heterocycles. The van der Waals surface area contributed by atoms with Gasteiger partial charge in [0.2, 0.25) is 0 Å². The highest BCUT2D eigenvalue weighted by Crippen LogP contribution is 2.33. The second-order valence-electron chi connectivity index (χ2n) is 9.57. The van der Waals surface area contributed by atoms with Gasteiger partial charge in [-0.1, -0.05) is 12.1 Å². The van der Waals surface area contributed by atoms with Crippen molar-refractivity contribution in [2.75, 3.05) is 69.9 Å². The number of rotatable bonds is 9. The molecular weight excluding hydrogens is 444 g/mol. The molecule has 2 saturated heterocycles. The Hall–Kier alpha value is -2.46. The van der Waals surface area contributed by atoms with Crippen LogP contribution in [0.2, 0.25) is 0 Å². The maximum absolute atomic E-state index is 10.0. The third kappa shape index (κ3) is 6.22. The molecule has 0 saturated carbocycles. The molecule has 2 unspecified atom stereocenters. The van der Waals surface area contributed by atoms with E-state index < -0.39 is 6.10 Å². The summed E-state index contributed by atoms with van der Waals surface area (Å²) in [6, 6.07) is 8.56. The number of aliphatic hydroxyl groups is 1. The highest BCUT2D eigenvalue weighted by atomic mass is 16.5. The number of hydrogen-bond acceptors (Lipinski definition) is 9. The largest absolute Gasteiger partial charge is 0.491 e. The molecule has 0 amide bonds. The zero-order valence-electron chi connectivity index (χ0n) is 21.5. The maximum atomic E-state index is 10.0. The van der Waals surface area contributed by atoms with Gasteiger partial charge in [0.1, 0.15) is 30.1 Å². The third-order valence-corrected chi connectivity index (χ3v) is 6.91. The molecule has 2 aliphatic rings. The van der Waals surface area contributed by atoms with Gasteiger partial charge >= 0.3 is 0 Å². The van der Waals surface area contributed by atoms with Gasteiger partial charge in [0.05, 0.1) is 0 Å². The summed E-state index contributed by atoms with van der Waals surface area (Å²) in [5.74, 6) is 3.34. The van der Waals surface area contributed by atoms with Crippen LogP contribution in [0.25, 0.3) is 11.4 Å². The SMILES string of the molecule is CNCC(O)COc1cccc(-c2nc(N(C)C3CCOCC3)c(C)c(N3CCNCC3C)n2)c1. The molecule has 35 heavy (non-hydrogen) atoms. The fourth-order valence-corrected chi connectivity index (χ4v) is 4.86. The van der Waals surface area contributed by atoms with Crippen LogP contribution in [0, 0.1) is 6.92 Å². The van der Waals surface area contributed by atoms with E-state index in [9.17, 15) is 5.11 Å². The summed E-state index contributed by atoms with van der Waals surface area (Å²) >= 11 is 0. The van der Waals surface area contributed by atoms with Crippen molar-refractivity contribution in [3.8, 4) is 17.1 Å². The molecule has 4 rings (SSSR count). The van der Waals surface area contributed by atoms with Gasteiger partial charge < -0.3 is 35.0 Å². The first-order valence-electron chi connectivity index (χ1n) is 12.7. The number of aliphatic hydroxyl groups excluding tert-OH is 1. The highest BCUT2D eigenvalue weighted by molar-refractivity contribution is 5.68. The zero-order chi connectivity index (χ0) is 24.8. The molecule has 2 fully saturated rings. The minimum absolute atomic E-state index is 0.223. The van der Waals surface area contributed by atoms with E-state index in [2.05, 4.69) is 41.3 Å². The van der Waals surface area contributed by atoms with Gasteiger partial charge in [-0.2, -0.15) is 0 Å². The average Bonchev–Trinajstić information content (AvgIpc) is 2.88. The number of likely N-dealkylation sites (N-methyl/N-ethyl adjacent to an activating group) is 1. The van der Waals surface area contributed by atoms with Crippen LogP contribution < -0.4 is 25.2 Å². The molecule has 9 nitrogen and oxygen atoms in total. The van der Waals surface area contributed by atoms with Gasteiger partial charge in [-0.3, -0.25) is 0 Å². The number of piperazine rings is 1. The van der Waals surface area contributed by atoms with Crippen LogP contribution in [0.5, 0.6) is 5.75 Å². The summed E-state index contributed by atoms with van der Waals surface area (Å²) < 4.78 is 11.5. The molecule has 192 valence electrons. The van der Waals surface area contributed by atoms with Crippen molar-refractivity contribution in [3.05, 3.63) is 29.8 Å². The standard InChI is InChI=1S/C26H40N6O3/c1-18-15-28-10-11-32(18)26-19(2)25(31(4)21-8-12-34-13-9-21)29-24(30-26)20-6-5-7-23(14-20)35-17-22(33)16-27-3/h5-7,14,18,21-22,27-28,33H,8-13,15-17H2,1-4H3. The summed E-state index contributed by atoms with van der Waals surface area (Å²) in [7, 11) is 3.95. The Labute approximate surface area is 208 Å². The summed E-state index contributed by atoms with van der Waals surface area (Å²) in [5.41, 5.74) is 2.01. The van der Waals surface area contributed by atoms with E-state index in [1.807, 2.05) is 31.3 Å². The normalized spacial score (nSPS) is 20.0. The molecule has 2 aliphatic heterocycles. The fraction of sp³-hybridized carbons (Fsp3) is 0.615. The van der Waals surface area contributed by atoms with Crippen LogP contribution in [-0.4, -0.2) is 93.4 Å². The van der Waals surface area contributed by atoms with Gasteiger partial charge in [0.15, 0.2) is 5.82 Å². The van der Waals surface area contributed by atoms with E-state index in [0.29, 0.717) is 30.2 Å². The number of anilines is 2. The molecule has 0 radical (unpaired) electrons. The number of nitrogens with one attached hydrogen (secondary N) is 2. The molecule has 0 bridgehead atoms. The van der Waals surface area contributed by atoms with Gasteiger partial charge in [-0.25, -0.2) is 9.97 Å². The van der Waals surface area contributed by atoms with Crippen LogP contribution in [0.3, 0.4) is 0 Å². The fourth-order valence-electron chi connectivity index (χ4n) is 4.86. The molecule has 1 aromatic carbocycles. The smallest absolute Gasteiger partial charge is 0.164 e. The van der Waals surface area contributed by atoms with E-state index in [4.69, 9.17) is 19.4 Å². The lowest BCUT2D eigenvalue weighted by Gasteiger charge is -2.38. The van der Waals surface area contributed by atoms with Gasteiger partial charge in [0, 0.05) is 69.7 Å². The van der Waals surface area contributed by atoms with E-state index in [1.165, 1.54) is 0 Å². The quantitative estimate of drug-likeness (QED) is 0.493. The molecule has 9 heteroatoms. The topological polar surface area (TPSA) is 95.0 Å². The van der Waals surface area contributed by atoms with E-state index in [-0.39, 0.29) is 6.61 Å². The second-order valence-corrected chi connectivity index (χ2v) is 9.57. The number of hydrogen-bond donors (Lipinski definition) is 3. The molecule has 3 N–H and O–H groups in total.